The highest BCUT2D eigenvalue weighted by Crippen LogP contribution is 2.31. The number of carbonyl (C=O) groups is 4. The van der Waals surface area contributed by atoms with Gasteiger partial charge >= 0.3 is 19.1 Å². The van der Waals surface area contributed by atoms with Crippen LogP contribution in [0.3, 0.4) is 0 Å². The van der Waals surface area contributed by atoms with E-state index >= 15 is 0 Å². The first-order valence-corrected chi connectivity index (χ1v) is 10.9. The van der Waals surface area contributed by atoms with E-state index < -0.39 is 25.8 Å². The molecular formula is C22H28BNO8. The first-order valence-electron chi connectivity index (χ1n) is 10.9. The van der Waals surface area contributed by atoms with Crippen molar-refractivity contribution in [3.05, 3.63) is 29.3 Å². The molecule has 1 amide bonds. The van der Waals surface area contributed by atoms with E-state index in [0.29, 0.717) is 5.56 Å². The molecule has 172 valence electrons. The minimum atomic E-state index is -1.37. The Morgan fingerprint density at radius 1 is 1.12 bits per heavy atom. The van der Waals surface area contributed by atoms with Crippen LogP contribution < -0.4 is 9.97 Å². The smallest absolute Gasteiger partial charge is 0.534 e. The van der Waals surface area contributed by atoms with Crippen LogP contribution in [0, 0.1) is 5.92 Å². The van der Waals surface area contributed by atoms with E-state index in [-0.39, 0.29) is 54.2 Å². The second kappa shape index (κ2) is 11.1. The highest BCUT2D eigenvalue weighted by molar-refractivity contribution is 6.47. The Balaban J connectivity index is 1.56. The summed E-state index contributed by atoms with van der Waals surface area (Å²) in [5.74, 6) is -2.27. The molecule has 3 rings (SSSR count). The van der Waals surface area contributed by atoms with Crippen molar-refractivity contribution in [2.24, 2.45) is 5.92 Å². The molecule has 10 heteroatoms. The Labute approximate surface area is 186 Å². The molecule has 1 fully saturated rings. The molecule has 2 N–H and O–H groups in total. The predicted molar refractivity (Wildman–Crippen MR) is 114 cm³/mol. The van der Waals surface area contributed by atoms with E-state index in [0.717, 1.165) is 32.1 Å². The fourth-order valence-corrected chi connectivity index (χ4v) is 3.95. The van der Waals surface area contributed by atoms with Gasteiger partial charge in [-0.05, 0) is 37.8 Å². The van der Waals surface area contributed by atoms with Crippen molar-refractivity contribution in [2.45, 2.75) is 64.2 Å². The highest BCUT2D eigenvalue weighted by Gasteiger charge is 2.38. The lowest BCUT2D eigenvalue weighted by Gasteiger charge is -2.29. The van der Waals surface area contributed by atoms with Gasteiger partial charge in [-0.15, -0.1) is 0 Å². The minimum Gasteiger partial charge on any atom is -0.534 e. The molecular weight excluding hydrogens is 417 g/mol. The number of hydrogen-bond donors (Lipinski definition) is 2. The number of amides is 1. The maximum absolute atomic E-state index is 12.5. The first kappa shape index (κ1) is 23.8. The van der Waals surface area contributed by atoms with Crippen molar-refractivity contribution in [1.82, 2.24) is 5.32 Å². The van der Waals surface area contributed by atoms with E-state index in [4.69, 9.17) is 14.1 Å². The normalized spacial score (nSPS) is 18.2. The van der Waals surface area contributed by atoms with Gasteiger partial charge in [-0.25, -0.2) is 4.79 Å². The van der Waals surface area contributed by atoms with Gasteiger partial charge in [-0.2, -0.15) is 0 Å². The number of para-hydroxylation sites is 1. The largest absolute Gasteiger partial charge is 0.547 e. The van der Waals surface area contributed by atoms with Gasteiger partial charge in [0.1, 0.15) is 17.1 Å². The Morgan fingerprint density at radius 3 is 2.59 bits per heavy atom. The molecule has 0 saturated heterocycles. The van der Waals surface area contributed by atoms with Crippen LogP contribution >= 0.6 is 0 Å². The third-order valence-corrected chi connectivity index (χ3v) is 5.72. The number of ether oxygens (including phenoxy) is 2. The zero-order valence-corrected chi connectivity index (χ0v) is 18.1. The summed E-state index contributed by atoms with van der Waals surface area (Å²) < 4.78 is 15.7. The lowest BCUT2D eigenvalue weighted by molar-refractivity contribution is -0.158. The molecule has 0 unspecified atom stereocenters. The second-order valence-electron chi connectivity index (χ2n) is 8.23. The van der Waals surface area contributed by atoms with Crippen LogP contribution in [0.5, 0.6) is 5.75 Å². The van der Waals surface area contributed by atoms with E-state index in [1.54, 1.807) is 12.1 Å². The lowest BCUT2D eigenvalue weighted by atomic mass is 9.72. The van der Waals surface area contributed by atoms with Gasteiger partial charge in [0.05, 0.1) is 11.9 Å². The minimum absolute atomic E-state index is 0.0252. The number of rotatable bonds is 8. The average molecular weight is 445 g/mol. The maximum Gasteiger partial charge on any atom is 0.547 e. The van der Waals surface area contributed by atoms with E-state index in [1.165, 1.54) is 13.0 Å². The maximum atomic E-state index is 12.5. The molecule has 0 bridgehead atoms. The quantitative estimate of drug-likeness (QED) is 0.352. The summed E-state index contributed by atoms with van der Waals surface area (Å²) in [5, 5.41) is 13.0. The van der Waals surface area contributed by atoms with Crippen LogP contribution in [-0.2, 0) is 30.3 Å². The Kier molecular flexibility index (Phi) is 8.27. The van der Waals surface area contributed by atoms with Crippen LogP contribution in [0.4, 0.5) is 0 Å². The van der Waals surface area contributed by atoms with Gasteiger partial charge in [-0.3, -0.25) is 9.59 Å². The van der Waals surface area contributed by atoms with Crippen molar-refractivity contribution >= 4 is 30.7 Å². The van der Waals surface area contributed by atoms with Gasteiger partial charge in [0.15, 0.2) is 0 Å². The molecule has 32 heavy (non-hydrogen) atoms. The van der Waals surface area contributed by atoms with E-state index in [1.807, 2.05) is 0 Å². The molecule has 0 radical (unpaired) electrons. The summed E-state index contributed by atoms with van der Waals surface area (Å²) in [5.41, 5.74) is 0.706. The van der Waals surface area contributed by atoms with E-state index in [9.17, 15) is 24.2 Å². The topological polar surface area (TPSA) is 128 Å². The number of benzene rings is 1. The SMILES string of the molecule is CC(=O)CCC(=O)N[C@H]1Cc2cccc(C(=O)OCOC(=O)C3CCCCC3)c2OB1O. The molecule has 1 atom stereocenters. The fraction of sp³-hybridized carbons (Fsp3) is 0.545. The molecule has 1 heterocycles. The van der Waals surface area contributed by atoms with E-state index in [2.05, 4.69) is 5.32 Å². The summed E-state index contributed by atoms with van der Waals surface area (Å²) >= 11 is 0. The van der Waals surface area contributed by atoms with Gasteiger partial charge in [0.25, 0.3) is 0 Å². The van der Waals surface area contributed by atoms with Gasteiger partial charge in [-0.1, -0.05) is 31.4 Å². The van der Waals surface area contributed by atoms with Crippen LogP contribution in [0.25, 0.3) is 0 Å². The Hall–Kier alpha value is -2.88. The van der Waals surface area contributed by atoms with Crippen molar-refractivity contribution in [1.29, 1.82) is 0 Å². The number of hydrogen-bond acceptors (Lipinski definition) is 8. The van der Waals surface area contributed by atoms with Gasteiger partial charge in [0.2, 0.25) is 12.7 Å². The lowest BCUT2D eigenvalue weighted by Crippen LogP contribution is -2.53. The van der Waals surface area contributed by atoms with Gasteiger partial charge < -0.3 is 29.3 Å². The molecule has 0 spiro atoms. The summed E-state index contributed by atoms with van der Waals surface area (Å²) in [6, 6.07) is 4.84. The monoisotopic (exact) mass is 445 g/mol. The molecule has 1 aromatic carbocycles. The molecule has 1 aliphatic heterocycles. The van der Waals surface area contributed by atoms with Gasteiger partial charge in [0, 0.05) is 12.8 Å². The average Bonchev–Trinajstić information content (AvgIpc) is 2.78. The highest BCUT2D eigenvalue weighted by atomic mass is 16.7. The summed E-state index contributed by atoms with van der Waals surface area (Å²) in [7, 11) is -1.37. The predicted octanol–water partition coefficient (Wildman–Crippen LogP) is 1.73. The number of Topliss-reactive ketones (excluding diaryl/α,β-unsaturated/α-hetero) is 1. The van der Waals surface area contributed by atoms with Crippen LogP contribution in [0.15, 0.2) is 18.2 Å². The van der Waals surface area contributed by atoms with Crippen molar-refractivity contribution in [3.63, 3.8) is 0 Å². The number of fused-ring (bicyclic) bond motifs is 1. The summed E-state index contributed by atoms with van der Waals surface area (Å²) in [4.78, 5) is 47.6. The zero-order chi connectivity index (χ0) is 23.1. The number of nitrogens with one attached hydrogen (secondary N) is 1. The molecule has 1 saturated carbocycles. The van der Waals surface area contributed by atoms with Crippen LogP contribution in [0.2, 0.25) is 0 Å². The standard InChI is InChI=1S/C22H28BNO8/c1-14(25)10-11-19(26)24-18-12-16-8-5-9-17(20(16)32-23(18)29)22(28)31-13-30-21(27)15-6-3-2-4-7-15/h5,8-9,15,18,29H,2-4,6-7,10-13H2,1H3,(H,24,26)/t18-/m0/s1. The molecule has 0 aromatic heterocycles. The number of ketones is 1. The summed E-state index contributed by atoms with van der Waals surface area (Å²) in [6.07, 6.45) is 5.06. The van der Waals surface area contributed by atoms with Crippen LogP contribution in [-0.4, -0.2) is 48.5 Å². The molecule has 2 aliphatic rings. The Morgan fingerprint density at radius 2 is 1.88 bits per heavy atom. The molecule has 1 aromatic rings. The number of carbonyl (C=O) groups excluding carboxylic acids is 4. The third-order valence-electron chi connectivity index (χ3n) is 5.72. The Bertz CT molecular complexity index is 867. The molecule has 9 nitrogen and oxygen atoms in total. The van der Waals surface area contributed by atoms with Crippen molar-refractivity contribution in [2.75, 3.05) is 6.79 Å². The first-order chi connectivity index (χ1) is 15.3. The fourth-order valence-electron chi connectivity index (χ4n) is 3.95. The zero-order valence-electron chi connectivity index (χ0n) is 18.1. The van der Waals surface area contributed by atoms with Crippen LogP contribution in [0.1, 0.15) is 67.8 Å². The molecule has 1 aliphatic carbocycles. The summed E-state index contributed by atoms with van der Waals surface area (Å²) in [6.45, 7) is 0.912. The number of esters is 2. The van der Waals surface area contributed by atoms with Crippen molar-refractivity contribution < 1.29 is 38.3 Å². The van der Waals surface area contributed by atoms with Crippen molar-refractivity contribution in [3.8, 4) is 5.75 Å². The second-order valence-corrected chi connectivity index (χ2v) is 8.23. The third kappa shape index (κ3) is 6.32.